The van der Waals surface area contributed by atoms with Crippen LogP contribution in [-0.4, -0.2) is 61.6 Å². The second kappa shape index (κ2) is 9.88. The molecule has 3 N–H and O–H groups in total. The van der Waals surface area contributed by atoms with Gasteiger partial charge in [-0.3, -0.25) is 19.1 Å². The number of hydrogen-bond acceptors (Lipinski definition) is 10. The van der Waals surface area contributed by atoms with Crippen molar-refractivity contribution in [2.45, 2.75) is 77.9 Å². The number of allylic oxidation sites excluding steroid dienone is 1. The van der Waals surface area contributed by atoms with Gasteiger partial charge in [-0.15, -0.1) is 6.58 Å². The number of carbonyl (C=O) groups is 2. The minimum Gasteiger partial charge on any atom is -0.463 e. The maximum Gasteiger partial charge on any atom is 0.333 e. The van der Waals surface area contributed by atoms with Crippen LogP contribution in [-0.2, 0) is 35.1 Å². The summed E-state index contributed by atoms with van der Waals surface area (Å²) in [7, 11) is 0. The summed E-state index contributed by atoms with van der Waals surface area (Å²) in [5.74, 6) is -2.51. The van der Waals surface area contributed by atoms with Crippen LogP contribution < -0.4 is 17.0 Å². The van der Waals surface area contributed by atoms with Crippen LogP contribution in [0, 0.1) is 11.8 Å². The fourth-order valence-corrected chi connectivity index (χ4v) is 4.90. The highest BCUT2D eigenvalue weighted by Crippen LogP contribution is 2.43. The smallest absolute Gasteiger partial charge is 0.333 e. The standard InChI is InChI=1S/C24H33N5O8/c1-7-8-28-15-18(26-22(25)27-19(15)31)29(23(28)33)20-17-16(36-24(5,6)37-17)14(35-20)10-34-21(32)13(11(2)3)9-12(4)30/h7,11,13-14,16-17,20H,1,8-10H2,2-6H3,(H3,25,26,27,31)/t13-,14+,16+,17?,20+/m0/s1. The lowest BCUT2D eigenvalue weighted by Crippen LogP contribution is -2.35. The van der Waals surface area contributed by atoms with Gasteiger partial charge in [0.15, 0.2) is 23.2 Å². The summed E-state index contributed by atoms with van der Waals surface area (Å²) in [6.07, 6.45) is -1.77. The van der Waals surface area contributed by atoms with Crippen LogP contribution in [0.5, 0.6) is 0 Å². The van der Waals surface area contributed by atoms with Crippen LogP contribution in [0.4, 0.5) is 5.95 Å². The molecule has 0 aliphatic carbocycles. The predicted octanol–water partition coefficient (Wildman–Crippen LogP) is 0.867. The molecule has 202 valence electrons. The van der Waals surface area contributed by atoms with Crippen molar-refractivity contribution >= 4 is 28.9 Å². The molecule has 0 radical (unpaired) electrons. The maximum atomic E-state index is 13.5. The van der Waals surface area contributed by atoms with Crippen molar-refractivity contribution in [3.8, 4) is 0 Å². The first kappa shape index (κ1) is 26.8. The molecule has 0 saturated carbocycles. The molecule has 2 aromatic rings. The van der Waals surface area contributed by atoms with Gasteiger partial charge in [0.25, 0.3) is 5.56 Å². The normalized spacial score (nSPS) is 25.4. The van der Waals surface area contributed by atoms with E-state index in [9.17, 15) is 19.2 Å². The number of aromatic amines is 1. The number of ether oxygens (including phenoxy) is 4. The summed E-state index contributed by atoms with van der Waals surface area (Å²) in [5.41, 5.74) is 4.65. The molecule has 0 amide bonds. The molecule has 2 aromatic heterocycles. The van der Waals surface area contributed by atoms with Crippen LogP contribution in [0.1, 0.15) is 47.3 Å². The van der Waals surface area contributed by atoms with E-state index < -0.39 is 53.5 Å². The van der Waals surface area contributed by atoms with Gasteiger partial charge in [0.05, 0.1) is 5.92 Å². The van der Waals surface area contributed by atoms with Crippen LogP contribution >= 0.6 is 0 Å². The highest BCUT2D eigenvalue weighted by Gasteiger charge is 2.57. The Morgan fingerprint density at radius 3 is 2.57 bits per heavy atom. The van der Waals surface area contributed by atoms with E-state index >= 15 is 0 Å². The minimum atomic E-state index is -1.05. The van der Waals surface area contributed by atoms with E-state index in [2.05, 4.69) is 16.5 Å². The number of nitrogens with two attached hydrogens (primary N) is 1. The number of H-pyrrole nitrogens is 1. The number of rotatable bonds is 9. The second-order valence-electron chi connectivity index (χ2n) is 10.2. The maximum absolute atomic E-state index is 13.5. The van der Waals surface area contributed by atoms with Crippen molar-refractivity contribution < 1.29 is 28.5 Å². The Hall–Kier alpha value is -3.29. The third-order valence-corrected chi connectivity index (χ3v) is 6.53. The van der Waals surface area contributed by atoms with Crippen LogP contribution in [0.25, 0.3) is 11.2 Å². The van der Waals surface area contributed by atoms with Crippen molar-refractivity contribution in [2.24, 2.45) is 11.8 Å². The van der Waals surface area contributed by atoms with Gasteiger partial charge in [0.1, 0.15) is 30.7 Å². The first-order chi connectivity index (χ1) is 17.3. The number of hydrogen-bond donors (Lipinski definition) is 2. The number of nitrogens with one attached hydrogen (secondary N) is 1. The van der Waals surface area contributed by atoms with E-state index in [-0.39, 0.29) is 48.4 Å². The third kappa shape index (κ3) is 4.98. The highest BCUT2D eigenvalue weighted by molar-refractivity contribution is 5.83. The van der Waals surface area contributed by atoms with Crippen molar-refractivity contribution in [2.75, 3.05) is 12.3 Å². The summed E-state index contributed by atoms with van der Waals surface area (Å²) in [5, 5.41) is 0. The first-order valence-corrected chi connectivity index (χ1v) is 12.1. The molecular formula is C24H33N5O8. The predicted molar refractivity (Wildman–Crippen MR) is 132 cm³/mol. The molecule has 2 aliphatic rings. The van der Waals surface area contributed by atoms with E-state index in [1.807, 2.05) is 13.8 Å². The fourth-order valence-electron chi connectivity index (χ4n) is 4.90. The molecule has 1 unspecified atom stereocenters. The van der Waals surface area contributed by atoms with E-state index in [1.165, 1.54) is 22.1 Å². The molecule has 5 atom stereocenters. The Kier molecular flexibility index (Phi) is 7.14. The lowest BCUT2D eigenvalue weighted by molar-refractivity contribution is -0.203. The second-order valence-corrected chi connectivity index (χ2v) is 10.2. The van der Waals surface area contributed by atoms with Gasteiger partial charge >= 0.3 is 11.7 Å². The lowest BCUT2D eigenvalue weighted by atomic mass is 9.91. The number of anilines is 1. The van der Waals surface area contributed by atoms with Crippen molar-refractivity contribution in [1.29, 1.82) is 0 Å². The summed E-state index contributed by atoms with van der Waals surface area (Å²) in [6, 6.07) is 0. The number of fused-ring (bicyclic) bond motifs is 2. The van der Waals surface area contributed by atoms with Gasteiger partial charge in [0, 0.05) is 13.0 Å². The number of carbonyl (C=O) groups excluding carboxylic acids is 2. The molecular weight excluding hydrogens is 486 g/mol. The van der Waals surface area contributed by atoms with Crippen molar-refractivity contribution in [1.82, 2.24) is 19.1 Å². The molecule has 4 rings (SSSR count). The lowest BCUT2D eigenvalue weighted by Gasteiger charge is -2.25. The van der Waals surface area contributed by atoms with Crippen molar-refractivity contribution in [3.63, 3.8) is 0 Å². The SMILES string of the molecule is C=CCn1c(=O)n([C@@H]2O[C@H](COC(=O)[C@@H](CC(C)=O)C(C)C)[C@H]3OC(C)(C)OC23)c2nc(N)[nH]c(=O)c21. The number of nitrogen functional groups attached to an aromatic ring is 1. The average Bonchev–Trinajstić information content (AvgIpc) is 3.37. The topological polar surface area (TPSA) is 170 Å². The van der Waals surface area contributed by atoms with Gasteiger partial charge in [-0.1, -0.05) is 19.9 Å². The Bertz CT molecular complexity index is 1340. The zero-order valence-corrected chi connectivity index (χ0v) is 21.6. The number of aromatic nitrogens is 4. The van der Waals surface area contributed by atoms with Gasteiger partial charge in [-0.05, 0) is 26.7 Å². The summed E-state index contributed by atoms with van der Waals surface area (Å²) >= 11 is 0. The number of nitrogens with zero attached hydrogens (tertiary/aromatic N) is 3. The zero-order chi connectivity index (χ0) is 27.2. The Morgan fingerprint density at radius 2 is 1.95 bits per heavy atom. The molecule has 13 nitrogen and oxygen atoms in total. The highest BCUT2D eigenvalue weighted by atomic mass is 16.8. The third-order valence-electron chi connectivity index (χ3n) is 6.53. The van der Waals surface area contributed by atoms with Crippen LogP contribution in [0.2, 0.25) is 0 Å². The van der Waals surface area contributed by atoms with E-state index in [1.54, 1.807) is 13.8 Å². The first-order valence-electron chi connectivity index (χ1n) is 12.1. The molecule has 2 aliphatic heterocycles. The minimum absolute atomic E-state index is 0.0105. The van der Waals surface area contributed by atoms with E-state index in [0.717, 1.165) is 0 Å². The molecule has 0 aromatic carbocycles. The molecule has 0 spiro atoms. The number of ketones is 1. The van der Waals surface area contributed by atoms with Crippen LogP contribution in [0.3, 0.4) is 0 Å². The molecule has 37 heavy (non-hydrogen) atoms. The summed E-state index contributed by atoms with van der Waals surface area (Å²) in [4.78, 5) is 57.2. The molecule has 0 bridgehead atoms. The quantitative estimate of drug-likeness (QED) is 0.358. The number of Topliss-reactive ketones (excluding diaryl/α,β-unsaturated/α-hetero) is 1. The number of esters is 1. The zero-order valence-electron chi connectivity index (χ0n) is 21.6. The molecule has 13 heteroatoms. The number of imidazole rings is 1. The summed E-state index contributed by atoms with van der Waals surface area (Å²) in [6.45, 7) is 12.1. The Balaban J connectivity index is 1.69. The van der Waals surface area contributed by atoms with Crippen LogP contribution in [0.15, 0.2) is 22.2 Å². The molecule has 4 heterocycles. The van der Waals surface area contributed by atoms with Gasteiger partial charge in [-0.25, -0.2) is 9.36 Å². The molecule has 2 saturated heterocycles. The average molecular weight is 520 g/mol. The van der Waals surface area contributed by atoms with Gasteiger partial charge < -0.3 is 29.5 Å². The largest absolute Gasteiger partial charge is 0.463 e. The van der Waals surface area contributed by atoms with E-state index in [0.29, 0.717) is 0 Å². The fraction of sp³-hybridized carbons (Fsp3) is 0.625. The summed E-state index contributed by atoms with van der Waals surface area (Å²) < 4.78 is 26.3. The van der Waals surface area contributed by atoms with Gasteiger partial charge in [0.2, 0.25) is 5.95 Å². The van der Waals surface area contributed by atoms with Gasteiger partial charge in [-0.2, -0.15) is 4.98 Å². The monoisotopic (exact) mass is 519 g/mol. The Labute approximate surface area is 212 Å². The van der Waals surface area contributed by atoms with Crippen molar-refractivity contribution in [3.05, 3.63) is 33.5 Å². The van der Waals surface area contributed by atoms with E-state index in [4.69, 9.17) is 24.7 Å². The molecule has 2 fully saturated rings. The Morgan fingerprint density at radius 1 is 1.27 bits per heavy atom.